The van der Waals surface area contributed by atoms with E-state index in [2.05, 4.69) is 27.2 Å². The van der Waals surface area contributed by atoms with Gasteiger partial charge in [-0.05, 0) is 81.0 Å². The molecule has 0 saturated heterocycles. The van der Waals surface area contributed by atoms with Crippen LogP contribution in [0.5, 0.6) is 0 Å². The lowest BCUT2D eigenvalue weighted by Gasteiger charge is -2.15. The highest BCUT2D eigenvalue weighted by Gasteiger charge is 2.35. The van der Waals surface area contributed by atoms with Crippen LogP contribution in [0.1, 0.15) is 44.2 Å². The molecule has 8 nitrogen and oxygen atoms in total. The van der Waals surface area contributed by atoms with Gasteiger partial charge < -0.3 is 21.8 Å². The van der Waals surface area contributed by atoms with E-state index in [1.807, 2.05) is 24.3 Å². The Morgan fingerprint density at radius 2 is 1.88 bits per heavy atom. The lowest BCUT2D eigenvalue weighted by molar-refractivity contribution is -0.149. The number of nitrogens with one attached hydrogen (secondary N) is 2. The van der Waals surface area contributed by atoms with Gasteiger partial charge in [0.05, 0.1) is 22.2 Å². The number of nitrogens with zero attached hydrogens (tertiary/aromatic N) is 3. The molecule has 0 fully saturated rings. The highest BCUT2D eigenvalue weighted by molar-refractivity contribution is 6.31. The zero-order valence-electron chi connectivity index (χ0n) is 23.8. The van der Waals surface area contributed by atoms with Crippen LogP contribution in [0.3, 0.4) is 0 Å². The number of hydrogen-bond acceptors (Lipinski definition) is 5. The maximum Gasteiger partial charge on any atom is 0.403 e. The maximum absolute atomic E-state index is 15.0. The standard InChI is InChI=1S/C30H34ClF4N7O/c1-17(10-11-38-18(2)36)39-15-19-6-8-22(9-7-19)42-16-21-14-25(40-28(21)41-29(42)43)23-12-20(13-24(31)27(23)32)4-3-5-26(37)30(33,34)35/h6-9,12-14,16-17,26,39H,3-5,10-11,15,37H2,1-2H3,(H2,36,38)(H,40,41,43)/t17?,26-/m1/s1. The molecule has 43 heavy (non-hydrogen) atoms. The van der Waals surface area contributed by atoms with Crippen LogP contribution in [0.2, 0.25) is 5.02 Å². The molecule has 230 valence electrons. The van der Waals surface area contributed by atoms with Crippen molar-refractivity contribution in [3.05, 3.63) is 81.1 Å². The molecule has 6 N–H and O–H groups in total. The van der Waals surface area contributed by atoms with Gasteiger partial charge in [0.15, 0.2) is 5.82 Å². The van der Waals surface area contributed by atoms with Crippen LogP contribution in [0, 0.1) is 5.82 Å². The Kier molecular flexibility index (Phi) is 10.3. The minimum Gasteiger partial charge on any atom is -0.388 e. The van der Waals surface area contributed by atoms with Crippen LogP contribution in [0.25, 0.3) is 28.0 Å². The van der Waals surface area contributed by atoms with E-state index >= 15 is 4.39 Å². The Morgan fingerprint density at radius 3 is 2.56 bits per heavy atom. The number of alkyl halides is 3. The molecule has 1 unspecified atom stereocenters. The van der Waals surface area contributed by atoms with Crippen molar-refractivity contribution in [2.24, 2.45) is 16.5 Å². The summed E-state index contributed by atoms with van der Waals surface area (Å²) < 4.78 is 54.6. The van der Waals surface area contributed by atoms with Crippen LogP contribution < -0.4 is 22.5 Å². The molecule has 4 aromatic rings. The molecule has 2 aromatic heterocycles. The smallest absolute Gasteiger partial charge is 0.388 e. The molecule has 2 aromatic carbocycles. The fourth-order valence-electron chi connectivity index (χ4n) is 4.60. The Morgan fingerprint density at radius 1 is 1.16 bits per heavy atom. The molecule has 0 spiro atoms. The normalized spacial score (nSPS) is 13.9. The molecule has 2 heterocycles. The van der Waals surface area contributed by atoms with Gasteiger partial charge in [-0.25, -0.2) is 9.18 Å². The summed E-state index contributed by atoms with van der Waals surface area (Å²) in [5, 5.41) is 3.83. The van der Waals surface area contributed by atoms with Crippen molar-refractivity contribution in [2.75, 3.05) is 6.54 Å². The average Bonchev–Trinajstić information content (AvgIpc) is 3.35. The van der Waals surface area contributed by atoms with Gasteiger partial charge in [-0.2, -0.15) is 18.2 Å². The molecule has 0 saturated carbocycles. The topological polar surface area (TPSA) is 127 Å². The van der Waals surface area contributed by atoms with E-state index < -0.39 is 23.7 Å². The lowest BCUT2D eigenvalue weighted by atomic mass is 10.0. The van der Waals surface area contributed by atoms with Crippen LogP contribution in [-0.2, 0) is 13.0 Å². The highest BCUT2D eigenvalue weighted by Crippen LogP contribution is 2.32. The van der Waals surface area contributed by atoms with Gasteiger partial charge in [-0.15, -0.1) is 0 Å². The minimum atomic E-state index is -4.47. The summed E-state index contributed by atoms with van der Waals surface area (Å²) in [6, 6.07) is 10.4. The van der Waals surface area contributed by atoms with Gasteiger partial charge in [0.1, 0.15) is 11.7 Å². The monoisotopic (exact) mass is 619 g/mol. The number of aliphatic imine (C=N–C) groups is 1. The predicted octanol–water partition coefficient (Wildman–Crippen LogP) is 5.63. The summed E-state index contributed by atoms with van der Waals surface area (Å²) >= 11 is 6.12. The molecule has 13 heteroatoms. The van der Waals surface area contributed by atoms with Crippen molar-refractivity contribution in [3.63, 3.8) is 0 Å². The van der Waals surface area contributed by atoms with E-state index in [1.165, 1.54) is 16.7 Å². The number of halogens is 5. The van der Waals surface area contributed by atoms with Gasteiger partial charge in [-0.1, -0.05) is 23.7 Å². The van der Waals surface area contributed by atoms with E-state index in [0.29, 0.717) is 41.3 Å². The molecular formula is C30H34ClF4N7O. The van der Waals surface area contributed by atoms with Crippen LogP contribution in [0.4, 0.5) is 17.6 Å². The molecule has 4 rings (SSSR count). The number of nitrogens with two attached hydrogens (primary N) is 2. The first-order valence-electron chi connectivity index (χ1n) is 13.8. The number of amidine groups is 1. The molecule has 0 amide bonds. The third kappa shape index (κ3) is 8.43. The number of aryl methyl sites for hydroxylation is 1. The number of H-pyrrole nitrogens is 1. The molecule has 0 bridgehead atoms. The molecular weight excluding hydrogens is 586 g/mol. The second-order valence-electron chi connectivity index (χ2n) is 10.6. The fraction of sp³-hybridized carbons (Fsp3) is 0.367. The molecule has 0 aliphatic carbocycles. The van der Waals surface area contributed by atoms with Gasteiger partial charge in [0.25, 0.3) is 0 Å². The number of aromatic nitrogens is 3. The van der Waals surface area contributed by atoms with Crippen molar-refractivity contribution < 1.29 is 17.6 Å². The molecule has 0 aliphatic rings. The Balaban J connectivity index is 1.50. The summed E-state index contributed by atoms with van der Waals surface area (Å²) in [6.07, 6.45) is -1.90. The number of fused-ring (bicyclic) bond motifs is 1. The Bertz CT molecular complexity index is 1640. The lowest BCUT2D eigenvalue weighted by Crippen LogP contribution is -2.37. The Labute approximate surface area is 251 Å². The predicted molar refractivity (Wildman–Crippen MR) is 162 cm³/mol. The minimum absolute atomic E-state index is 0.121. The Hall–Kier alpha value is -3.74. The summed E-state index contributed by atoms with van der Waals surface area (Å²) in [4.78, 5) is 24.2. The van der Waals surface area contributed by atoms with Crippen molar-refractivity contribution >= 4 is 28.5 Å². The van der Waals surface area contributed by atoms with E-state index in [4.69, 9.17) is 23.1 Å². The summed E-state index contributed by atoms with van der Waals surface area (Å²) in [6.45, 7) is 5.13. The summed E-state index contributed by atoms with van der Waals surface area (Å²) in [7, 11) is 0. The quantitative estimate of drug-likeness (QED) is 0.0929. The van der Waals surface area contributed by atoms with E-state index in [9.17, 15) is 18.0 Å². The average molecular weight is 620 g/mol. The first kappa shape index (κ1) is 32.2. The first-order valence-corrected chi connectivity index (χ1v) is 14.2. The van der Waals surface area contributed by atoms with Crippen molar-refractivity contribution in [1.82, 2.24) is 19.9 Å². The zero-order chi connectivity index (χ0) is 31.3. The van der Waals surface area contributed by atoms with Gasteiger partial charge in [0.2, 0.25) is 0 Å². The van der Waals surface area contributed by atoms with E-state index in [-0.39, 0.29) is 41.5 Å². The third-order valence-electron chi connectivity index (χ3n) is 7.08. The van der Waals surface area contributed by atoms with Crippen molar-refractivity contribution in [2.45, 2.75) is 64.3 Å². The van der Waals surface area contributed by atoms with Crippen LogP contribution in [0.15, 0.2) is 58.4 Å². The second kappa shape index (κ2) is 13.7. The van der Waals surface area contributed by atoms with E-state index in [1.54, 1.807) is 19.2 Å². The van der Waals surface area contributed by atoms with Gasteiger partial charge in [-0.3, -0.25) is 9.56 Å². The number of hydrogen-bond donors (Lipinski definition) is 4. The molecule has 0 aliphatic heterocycles. The van der Waals surface area contributed by atoms with E-state index in [0.717, 1.165) is 12.0 Å². The summed E-state index contributed by atoms with van der Waals surface area (Å²) in [5.41, 5.74) is 13.2. The van der Waals surface area contributed by atoms with Crippen LogP contribution in [-0.4, -0.2) is 45.2 Å². The maximum atomic E-state index is 15.0. The number of aromatic amines is 1. The van der Waals surface area contributed by atoms with Crippen molar-refractivity contribution in [3.8, 4) is 16.9 Å². The fourth-order valence-corrected chi connectivity index (χ4v) is 4.84. The molecule has 0 radical (unpaired) electrons. The number of rotatable bonds is 12. The summed E-state index contributed by atoms with van der Waals surface area (Å²) in [5.74, 6) is -0.130. The van der Waals surface area contributed by atoms with Gasteiger partial charge in [0, 0.05) is 36.3 Å². The largest absolute Gasteiger partial charge is 0.403 e. The highest BCUT2D eigenvalue weighted by atomic mass is 35.5. The van der Waals surface area contributed by atoms with Gasteiger partial charge >= 0.3 is 11.9 Å². The zero-order valence-corrected chi connectivity index (χ0v) is 24.6. The van der Waals surface area contributed by atoms with Crippen LogP contribution >= 0.6 is 11.6 Å². The van der Waals surface area contributed by atoms with Crippen molar-refractivity contribution in [1.29, 1.82) is 0 Å². The first-order chi connectivity index (χ1) is 20.3. The molecule has 2 atom stereocenters. The second-order valence-corrected chi connectivity index (χ2v) is 11.0. The third-order valence-corrected chi connectivity index (χ3v) is 7.35. The number of benzene rings is 2. The SMILES string of the molecule is CC(N)=NCCC(C)NCc1ccc(-n2cc3cc(-c4cc(CCC[C@@H](N)C(F)(F)F)cc(Cl)c4F)[nH]c3nc2=O)cc1.